The molecule has 3 N–H and O–H groups in total. The van der Waals surface area contributed by atoms with E-state index in [1.165, 1.54) is 32.1 Å². The van der Waals surface area contributed by atoms with Crippen molar-refractivity contribution in [3.8, 4) is 5.75 Å². The summed E-state index contributed by atoms with van der Waals surface area (Å²) in [4.78, 5) is 12.4. The molecule has 1 amide bonds. The minimum Gasteiger partial charge on any atom is -0.492 e. The standard InChI is InChI=1S/C17H26N2O2/c1-2-21-16-12-13(10-11-15(16)18)17(20)19-14-8-6-4-3-5-7-9-14/h10-12,14H,2-9,18H2,1H3,(H,19,20). The highest BCUT2D eigenvalue weighted by molar-refractivity contribution is 5.95. The summed E-state index contributed by atoms with van der Waals surface area (Å²) < 4.78 is 5.45. The molecule has 0 bridgehead atoms. The van der Waals surface area contributed by atoms with Crippen molar-refractivity contribution in [3.05, 3.63) is 23.8 Å². The zero-order valence-corrected chi connectivity index (χ0v) is 12.9. The number of ether oxygens (including phenoxy) is 1. The minimum atomic E-state index is -0.0264. The zero-order valence-electron chi connectivity index (χ0n) is 12.9. The molecule has 116 valence electrons. The van der Waals surface area contributed by atoms with Gasteiger partial charge in [-0.3, -0.25) is 4.79 Å². The molecule has 0 aromatic heterocycles. The molecule has 1 saturated carbocycles. The van der Waals surface area contributed by atoms with Gasteiger partial charge in [0.2, 0.25) is 0 Å². The van der Waals surface area contributed by atoms with Crippen molar-refractivity contribution in [1.29, 1.82) is 0 Å². The molecular weight excluding hydrogens is 264 g/mol. The van der Waals surface area contributed by atoms with Gasteiger partial charge < -0.3 is 15.8 Å². The minimum absolute atomic E-state index is 0.0264. The van der Waals surface area contributed by atoms with E-state index < -0.39 is 0 Å². The number of carbonyl (C=O) groups is 1. The van der Waals surface area contributed by atoms with Gasteiger partial charge in [0, 0.05) is 11.6 Å². The highest BCUT2D eigenvalue weighted by Gasteiger charge is 2.16. The van der Waals surface area contributed by atoms with Gasteiger partial charge in [0.1, 0.15) is 5.75 Å². The molecule has 0 aliphatic heterocycles. The molecule has 1 aromatic rings. The Morgan fingerprint density at radius 1 is 1.24 bits per heavy atom. The van der Waals surface area contributed by atoms with Gasteiger partial charge in [-0.1, -0.05) is 32.1 Å². The Labute approximate surface area is 127 Å². The average Bonchev–Trinajstić information content (AvgIpc) is 2.44. The first-order valence-electron chi connectivity index (χ1n) is 8.04. The number of anilines is 1. The number of hydrogen-bond donors (Lipinski definition) is 2. The average molecular weight is 290 g/mol. The first kappa shape index (κ1) is 15.7. The van der Waals surface area contributed by atoms with Gasteiger partial charge >= 0.3 is 0 Å². The molecule has 1 aliphatic rings. The lowest BCUT2D eigenvalue weighted by Crippen LogP contribution is -2.35. The van der Waals surface area contributed by atoms with E-state index in [9.17, 15) is 4.79 Å². The van der Waals surface area contributed by atoms with Crippen LogP contribution in [0.15, 0.2) is 18.2 Å². The summed E-state index contributed by atoms with van der Waals surface area (Å²) in [5.74, 6) is 0.560. The smallest absolute Gasteiger partial charge is 0.251 e. The van der Waals surface area contributed by atoms with Crippen molar-refractivity contribution in [1.82, 2.24) is 5.32 Å². The summed E-state index contributed by atoms with van der Waals surface area (Å²) in [6.07, 6.45) is 8.47. The van der Waals surface area contributed by atoms with E-state index in [4.69, 9.17) is 10.5 Å². The maximum Gasteiger partial charge on any atom is 0.251 e. The summed E-state index contributed by atoms with van der Waals surface area (Å²) >= 11 is 0. The molecule has 0 spiro atoms. The van der Waals surface area contributed by atoms with E-state index >= 15 is 0 Å². The van der Waals surface area contributed by atoms with E-state index in [0.717, 1.165) is 12.8 Å². The molecule has 1 aliphatic carbocycles. The maximum absolute atomic E-state index is 12.4. The van der Waals surface area contributed by atoms with Gasteiger partial charge in [0.05, 0.1) is 12.3 Å². The molecular formula is C17H26N2O2. The molecule has 0 heterocycles. The first-order chi connectivity index (χ1) is 10.2. The third-order valence-electron chi connectivity index (χ3n) is 4.02. The monoisotopic (exact) mass is 290 g/mol. The Balaban J connectivity index is 2.00. The van der Waals surface area contributed by atoms with Crippen molar-refractivity contribution in [2.45, 2.75) is 57.9 Å². The second kappa shape index (κ2) is 7.91. The van der Waals surface area contributed by atoms with Gasteiger partial charge in [-0.05, 0) is 38.0 Å². The fourth-order valence-electron chi connectivity index (χ4n) is 2.83. The summed E-state index contributed by atoms with van der Waals surface area (Å²) in [6, 6.07) is 5.52. The quantitative estimate of drug-likeness (QED) is 0.834. The Hall–Kier alpha value is -1.71. The number of benzene rings is 1. The van der Waals surface area contributed by atoms with Gasteiger partial charge in [-0.15, -0.1) is 0 Å². The summed E-state index contributed by atoms with van der Waals surface area (Å²) in [7, 11) is 0. The largest absolute Gasteiger partial charge is 0.492 e. The molecule has 0 radical (unpaired) electrons. The third-order valence-corrected chi connectivity index (χ3v) is 4.02. The molecule has 0 atom stereocenters. The van der Waals surface area contributed by atoms with Gasteiger partial charge in [-0.25, -0.2) is 0 Å². The predicted molar refractivity (Wildman–Crippen MR) is 85.6 cm³/mol. The van der Waals surface area contributed by atoms with Crippen LogP contribution in [-0.4, -0.2) is 18.6 Å². The van der Waals surface area contributed by atoms with Crippen LogP contribution in [0.25, 0.3) is 0 Å². The van der Waals surface area contributed by atoms with Crippen molar-refractivity contribution in [2.75, 3.05) is 12.3 Å². The van der Waals surface area contributed by atoms with E-state index in [0.29, 0.717) is 29.6 Å². The Morgan fingerprint density at radius 2 is 1.90 bits per heavy atom. The Bertz CT molecular complexity index is 466. The van der Waals surface area contributed by atoms with Crippen molar-refractivity contribution in [2.24, 2.45) is 0 Å². The van der Waals surface area contributed by atoms with Crippen LogP contribution in [0.3, 0.4) is 0 Å². The number of nitrogens with two attached hydrogens (primary N) is 1. The maximum atomic E-state index is 12.4. The van der Waals surface area contributed by atoms with Crippen LogP contribution < -0.4 is 15.8 Å². The van der Waals surface area contributed by atoms with E-state index in [2.05, 4.69) is 5.32 Å². The fraction of sp³-hybridized carbons (Fsp3) is 0.588. The van der Waals surface area contributed by atoms with Gasteiger partial charge in [0.25, 0.3) is 5.91 Å². The first-order valence-corrected chi connectivity index (χ1v) is 8.04. The topological polar surface area (TPSA) is 64.3 Å². The third kappa shape index (κ3) is 4.66. The van der Waals surface area contributed by atoms with Crippen LogP contribution in [-0.2, 0) is 0 Å². The van der Waals surface area contributed by atoms with Crippen molar-refractivity contribution >= 4 is 11.6 Å². The Kier molecular flexibility index (Phi) is 5.90. The highest BCUT2D eigenvalue weighted by Crippen LogP contribution is 2.23. The lowest BCUT2D eigenvalue weighted by Gasteiger charge is -2.21. The second-order valence-electron chi connectivity index (χ2n) is 5.70. The number of amides is 1. The molecule has 21 heavy (non-hydrogen) atoms. The van der Waals surface area contributed by atoms with Crippen molar-refractivity contribution < 1.29 is 9.53 Å². The fourth-order valence-corrected chi connectivity index (χ4v) is 2.83. The lowest BCUT2D eigenvalue weighted by molar-refractivity contribution is 0.0930. The number of rotatable bonds is 4. The van der Waals surface area contributed by atoms with Crippen LogP contribution >= 0.6 is 0 Å². The van der Waals surface area contributed by atoms with Gasteiger partial charge in [-0.2, -0.15) is 0 Å². The lowest BCUT2D eigenvalue weighted by atomic mass is 9.96. The van der Waals surface area contributed by atoms with E-state index in [1.807, 2.05) is 6.92 Å². The van der Waals surface area contributed by atoms with Crippen LogP contribution in [0.4, 0.5) is 5.69 Å². The van der Waals surface area contributed by atoms with Gasteiger partial charge in [0.15, 0.2) is 0 Å². The van der Waals surface area contributed by atoms with Crippen molar-refractivity contribution in [3.63, 3.8) is 0 Å². The van der Waals surface area contributed by atoms with Crippen LogP contribution in [0, 0.1) is 0 Å². The SMILES string of the molecule is CCOc1cc(C(=O)NC2CCCCCCC2)ccc1N. The number of hydrogen-bond acceptors (Lipinski definition) is 3. The van der Waals surface area contributed by atoms with E-state index in [1.54, 1.807) is 18.2 Å². The van der Waals surface area contributed by atoms with E-state index in [-0.39, 0.29) is 5.91 Å². The summed E-state index contributed by atoms with van der Waals surface area (Å²) in [5, 5.41) is 3.16. The molecule has 4 heteroatoms. The highest BCUT2D eigenvalue weighted by atomic mass is 16.5. The molecule has 0 unspecified atom stereocenters. The van der Waals surface area contributed by atoms with Crippen LogP contribution in [0.5, 0.6) is 5.75 Å². The summed E-state index contributed by atoms with van der Waals surface area (Å²) in [6.45, 7) is 2.44. The number of nitrogen functional groups attached to an aromatic ring is 1. The molecule has 4 nitrogen and oxygen atoms in total. The Morgan fingerprint density at radius 3 is 2.57 bits per heavy atom. The molecule has 2 rings (SSSR count). The molecule has 1 fully saturated rings. The molecule has 1 aromatic carbocycles. The molecule has 0 saturated heterocycles. The number of carbonyl (C=O) groups excluding carboxylic acids is 1. The normalized spacial score (nSPS) is 16.8. The van der Waals surface area contributed by atoms with Crippen LogP contribution in [0.1, 0.15) is 62.2 Å². The zero-order chi connectivity index (χ0) is 15.1. The number of nitrogens with one attached hydrogen (secondary N) is 1. The summed E-state index contributed by atoms with van der Waals surface area (Å²) in [5.41, 5.74) is 7.03. The van der Waals surface area contributed by atoms with Crippen LogP contribution in [0.2, 0.25) is 0 Å². The second-order valence-corrected chi connectivity index (χ2v) is 5.70. The predicted octanol–water partition coefficient (Wildman–Crippen LogP) is 3.51.